The summed E-state index contributed by atoms with van der Waals surface area (Å²) in [6.45, 7) is 1.55. The molecule has 0 saturated heterocycles. The van der Waals surface area contributed by atoms with Gasteiger partial charge < -0.3 is 20.9 Å². The number of hydrogen-bond acceptors (Lipinski definition) is 5. The number of fused-ring (bicyclic) bond motifs is 1. The lowest BCUT2D eigenvalue weighted by molar-refractivity contribution is -0.117. The van der Waals surface area contributed by atoms with Crippen molar-refractivity contribution in [2.24, 2.45) is 11.7 Å². The number of amides is 1. The van der Waals surface area contributed by atoms with Crippen LogP contribution in [0.5, 0.6) is 0 Å². The van der Waals surface area contributed by atoms with Crippen LogP contribution in [0, 0.1) is 5.92 Å². The van der Waals surface area contributed by atoms with Crippen molar-refractivity contribution in [3.8, 4) is 0 Å². The number of hydrogen-bond donors (Lipinski definition) is 3. The zero-order valence-corrected chi connectivity index (χ0v) is 14.9. The highest BCUT2D eigenvalue weighted by atomic mass is 32.2. The molecule has 4 N–H and O–H groups in total. The fraction of sp³-hybridized carbons (Fsp3) is 0.444. The van der Waals surface area contributed by atoms with Crippen LogP contribution in [0.15, 0.2) is 35.6 Å². The minimum atomic E-state index is 0.00756. The molecule has 0 unspecified atom stereocenters. The van der Waals surface area contributed by atoms with E-state index in [4.69, 9.17) is 5.73 Å². The number of nitrogens with one attached hydrogen (secondary N) is 2. The largest absolute Gasteiger partial charge is 0.351 e. The molecule has 1 fully saturated rings. The molecule has 2 aliphatic rings. The second-order valence-corrected chi connectivity index (χ2v) is 7.81. The Labute approximate surface area is 151 Å². The minimum Gasteiger partial charge on any atom is -0.351 e. The molecule has 0 radical (unpaired) electrons. The highest BCUT2D eigenvalue weighted by molar-refractivity contribution is 8.04. The lowest BCUT2D eigenvalue weighted by Crippen LogP contribution is -2.37. The maximum Gasteiger partial charge on any atom is 0.259 e. The summed E-state index contributed by atoms with van der Waals surface area (Å²) in [5, 5.41) is 4.15. The van der Waals surface area contributed by atoms with Crippen molar-refractivity contribution in [2.75, 3.05) is 23.7 Å². The van der Waals surface area contributed by atoms with Gasteiger partial charge in [0, 0.05) is 48.9 Å². The number of aromatic nitrogens is 2. The van der Waals surface area contributed by atoms with Crippen molar-refractivity contribution in [3.05, 3.63) is 35.6 Å². The third-order valence-corrected chi connectivity index (χ3v) is 6.06. The lowest BCUT2D eigenvalue weighted by Gasteiger charge is -2.27. The van der Waals surface area contributed by atoms with Crippen LogP contribution >= 0.6 is 11.8 Å². The molecule has 2 atom stereocenters. The van der Waals surface area contributed by atoms with Crippen molar-refractivity contribution in [1.29, 1.82) is 0 Å². The minimum absolute atomic E-state index is 0.00756. The fourth-order valence-corrected chi connectivity index (χ4v) is 4.55. The molecule has 1 aliphatic heterocycles. The summed E-state index contributed by atoms with van der Waals surface area (Å²) >= 11 is 1.61. The van der Waals surface area contributed by atoms with E-state index in [-0.39, 0.29) is 11.9 Å². The van der Waals surface area contributed by atoms with Gasteiger partial charge in [-0.2, -0.15) is 0 Å². The average Bonchev–Trinajstić information content (AvgIpc) is 3.28. The Morgan fingerprint density at radius 2 is 2.36 bits per heavy atom. The summed E-state index contributed by atoms with van der Waals surface area (Å²) in [7, 11) is 0. The monoisotopic (exact) mass is 357 g/mol. The smallest absolute Gasteiger partial charge is 0.259 e. The first kappa shape index (κ1) is 16.5. The van der Waals surface area contributed by atoms with E-state index in [0.717, 1.165) is 46.8 Å². The number of pyridine rings is 1. The summed E-state index contributed by atoms with van der Waals surface area (Å²) < 4.78 is 0. The number of carbonyl (C=O) groups excluding carboxylic acids is 1. The molecule has 0 bridgehead atoms. The molecule has 0 aromatic carbocycles. The summed E-state index contributed by atoms with van der Waals surface area (Å²) in [6.07, 6.45) is 9.00. The molecule has 2 aromatic rings. The summed E-state index contributed by atoms with van der Waals surface area (Å²) in [5.41, 5.74) is 8.04. The summed E-state index contributed by atoms with van der Waals surface area (Å²) in [4.78, 5) is 22.9. The van der Waals surface area contributed by atoms with Crippen LogP contribution in [0.2, 0.25) is 0 Å². The number of carbonyl (C=O) groups is 1. The Balaban J connectivity index is 1.48. The Bertz CT molecular complexity index is 802. The second kappa shape index (κ2) is 7.09. The first-order valence-electron chi connectivity index (χ1n) is 8.79. The third kappa shape index (κ3) is 3.39. The van der Waals surface area contributed by atoms with Gasteiger partial charge >= 0.3 is 0 Å². The van der Waals surface area contributed by atoms with E-state index in [1.54, 1.807) is 18.0 Å². The highest BCUT2D eigenvalue weighted by Gasteiger charge is 2.25. The zero-order chi connectivity index (χ0) is 17.2. The Hall–Kier alpha value is -1.99. The standard InChI is InChI=1S/C18H23N5OS/c19-14-3-1-2-12(14)10-22-18(24)16-11-23(8-9-25-16)15-5-7-21-17-13(15)4-6-20-17/h4-7,11-12,14H,1-3,8-10,19H2,(H,20,21)(H,22,24)/t12-,14+/m0/s1. The first-order chi connectivity index (χ1) is 12.2. The van der Waals surface area contributed by atoms with Gasteiger partial charge in [-0.05, 0) is 30.9 Å². The van der Waals surface area contributed by atoms with E-state index in [2.05, 4.69) is 20.2 Å². The number of H-pyrrole nitrogens is 1. The lowest BCUT2D eigenvalue weighted by atomic mass is 10.1. The number of thioether (sulfide) groups is 1. The van der Waals surface area contributed by atoms with E-state index >= 15 is 0 Å². The van der Waals surface area contributed by atoms with Crippen LogP contribution in [0.4, 0.5) is 5.69 Å². The van der Waals surface area contributed by atoms with Gasteiger partial charge in [0.2, 0.25) is 0 Å². The van der Waals surface area contributed by atoms with E-state index in [9.17, 15) is 4.79 Å². The number of nitrogens with zero attached hydrogens (tertiary/aromatic N) is 2. The van der Waals surface area contributed by atoms with Crippen molar-refractivity contribution in [2.45, 2.75) is 25.3 Å². The van der Waals surface area contributed by atoms with Crippen molar-refractivity contribution < 1.29 is 4.79 Å². The van der Waals surface area contributed by atoms with Gasteiger partial charge in [-0.25, -0.2) is 4.98 Å². The average molecular weight is 357 g/mol. The molecule has 3 heterocycles. The molecule has 1 amide bonds. The van der Waals surface area contributed by atoms with Gasteiger partial charge in [0.05, 0.1) is 10.6 Å². The molecule has 4 rings (SSSR count). The quantitative estimate of drug-likeness (QED) is 0.781. The number of nitrogens with two attached hydrogens (primary N) is 1. The van der Waals surface area contributed by atoms with Crippen LogP contribution < -0.4 is 16.0 Å². The van der Waals surface area contributed by atoms with Crippen LogP contribution in [-0.4, -0.2) is 40.8 Å². The van der Waals surface area contributed by atoms with Crippen LogP contribution in [0.3, 0.4) is 0 Å². The molecule has 25 heavy (non-hydrogen) atoms. The molecule has 6 nitrogen and oxygen atoms in total. The predicted octanol–water partition coefficient (Wildman–Crippen LogP) is 2.20. The Morgan fingerprint density at radius 3 is 3.20 bits per heavy atom. The van der Waals surface area contributed by atoms with Crippen LogP contribution in [-0.2, 0) is 4.79 Å². The van der Waals surface area contributed by atoms with E-state index in [1.165, 1.54) is 6.42 Å². The van der Waals surface area contributed by atoms with Gasteiger partial charge in [0.25, 0.3) is 5.91 Å². The third-order valence-electron chi connectivity index (χ3n) is 5.08. The number of rotatable bonds is 4. The number of anilines is 1. The molecular formula is C18H23N5OS. The van der Waals surface area contributed by atoms with Crippen LogP contribution in [0.25, 0.3) is 11.0 Å². The van der Waals surface area contributed by atoms with Gasteiger partial charge in [0.15, 0.2) is 0 Å². The molecule has 132 valence electrons. The zero-order valence-electron chi connectivity index (χ0n) is 14.1. The van der Waals surface area contributed by atoms with Gasteiger partial charge in [-0.15, -0.1) is 11.8 Å². The number of aromatic amines is 1. The Morgan fingerprint density at radius 1 is 1.44 bits per heavy atom. The van der Waals surface area contributed by atoms with Crippen LogP contribution in [0.1, 0.15) is 19.3 Å². The first-order valence-corrected chi connectivity index (χ1v) is 9.78. The summed E-state index contributed by atoms with van der Waals surface area (Å²) in [6, 6.07) is 4.24. The maximum atomic E-state index is 12.6. The normalized spacial score (nSPS) is 23.7. The SMILES string of the molecule is N[C@@H]1CCC[C@H]1CNC(=O)C1=CN(c2ccnc3[nH]ccc23)CCS1. The molecule has 2 aromatic heterocycles. The van der Waals surface area contributed by atoms with Gasteiger partial charge in [-0.3, -0.25) is 4.79 Å². The molecular weight excluding hydrogens is 334 g/mol. The topological polar surface area (TPSA) is 87.0 Å². The second-order valence-electron chi connectivity index (χ2n) is 6.67. The summed E-state index contributed by atoms with van der Waals surface area (Å²) in [5.74, 6) is 1.30. The van der Waals surface area contributed by atoms with E-state index in [0.29, 0.717) is 12.5 Å². The highest BCUT2D eigenvalue weighted by Crippen LogP contribution is 2.30. The Kier molecular flexibility index (Phi) is 4.67. The van der Waals surface area contributed by atoms with E-state index < -0.39 is 0 Å². The molecule has 1 aliphatic carbocycles. The predicted molar refractivity (Wildman–Crippen MR) is 102 cm³/mol. The van der Waals surface area contributed by atoms with Gasteiger partial charge in [-0.1, -0.05) is 6.42 Å². The molecule has 7 heteroatoms. The molecule has 1 saturated carbocycles. The maximum absolute atomic E-state index is 12.6. The van der Waals surface area contributed by atoms with Gasteiger partial charge in [0.1, 0.15) is 5.65 Å². The van der Waals surface area contributed by atoms with Crippen molar-refractivity contribution in [1.82, 2.24) is 15.3 Å². The van der Waals surface area contributed by atoms with Crippen molar-refractivity contribution in [3.63, 3.8) is 0 Å². The van der Waals surface area contributed by atoms with E-state index in [1.807, 2.05) is 24.5 Å². The van der Waals surface area contributed by atoms with Crippen molar-refractivity contribution >= 4 is 34.4 Å². The molecule has 0 spiro atoms. The fourth-order valence-electron chi connectivity index (χ4n) is 3.64.